The Hall–Kier alpha value is -2.73. The fraction of sp³-hybridized carbons (Fsp3) is 0.190. The number of ether oxygens (including phenoxy) is 2. The summed E-state index contributed by atoms with van der Waals surface area (Å²) in [6.07, 6.45) is 0. The molecule has 0 aliphatic rings. The van der Waals surface area contributed by atoms with Crippen molar-refractivity contribution in [2.45, 2.75) is 13.2 Å². The van der Waals surface area contributed by atoms with Crippen LogP contribution in [0.5, 0.6) is 11.5 Å². The van der Waals surface area contributed by atoms with E-state index in [0.29, 0.717) is 35.1 Å². The lowest BCUT2D eigenvalue weighted by atomic mass is 10.2. The maximum Gasteiger partial charge on any atom is 0.289 e. The van der Waals surface area contributed by atoms with Crippen LogP contribution in [0.3, 0.4) is 0 Å². The lowest BCUT2D eigenvalue weighted by Crippen LogP contribution is -2.25. The van der Waals surface area contributed by atoms with Crippen LogP contribution in [0.4, 0.5) is 0 Å². The molecule has 5 nitrogen and oxygen atoms in total. The van der Waals surface area contributed by atoms with Crippen LogP contribution in [-0.4, -0.2) is 25.0 Å². The Balaban J connectivity index is 1.67. The van der Waals surface area contributed by atoms with E-state index in [4.69, 9.17) is 13.9 Å². The Bertz CT molecular complexity index is 908. The Morgan fingerprint density at radius 1 is 1.04 bits per heavy atom. The molecule has 0 unspecified atom stereocenters. The monoisotopic (exact) mass is 429 g/mol. The van der Waals surface area contributed by atoms with Gasteiger partial charge < -0.3 is 18.8 Å². The van der Waals surface area contributed by atoms with E-state index < -0.39 is 0 Å². The molecule has 3 rings (SSSR count). The predicted octanol–water partition coefficient (Wildman–Crippen LogP) is 4.90. The number of hydrogen-bond donors (Lipinski definition) is 0. The maximum atomic E-state index is 12.4. The van der Waals surface area contributed by atoms with E-state index in [9.17, 15) is 4.79 Å². The fourth-order valence-corrected chi connectivity index (χ4v) is 2.93. The van der Waals surface area contributed by atoms with Crippen molar-refractivity contribution in [1.82, 2.24) is 4.90 Å². The van der Waals surface area contributed by atoms with Crippen LogP contribution < -0.4 is 9.47 Å². The van der Waals surface area contributed by atoms with Crippen molar-refractivity contribution in [3.63, 3.8) is 0 Å². The lowest BCUT2D eigenvalue weighted by molar-refractivity contribution is 0.0752. The molecule has 1 heterocycles. The van der Waals surface area contributed by atoms with Gasteiger partial charge in [-0.25, -0.2) is 0 Å². The molecule has 0 saturated heterocycles. The Morgan fingerprint density at radius 3 is 2.48 bits per heavy atom. The van der Waals surface area contributed by atoms with Crippen LogP contribution in [0.15, 0.2) is 69.8 Å². The van der Waals surface area contributed by atoms with E-state index in [0.717, 1.165) is 11.1 Å². The van der Waals surface area contributed by atoms with Gasteiger partial charge in [0.25, 0.3) is 5.91 Å². The smallest absolute Gasteiger partial charge is 0.289 e. The third kappa shape index (κ3) is 4.92. The molecule has 0 N–H and O–H groups in total. The van der Waals surface area contributed by atoms with Gasteiger partial charge >= 0.3 is 0 Å². The molecule has 3 aromatic rings. The summed E-state index contributed by atoms with van der Waals surface area (Å²) in [6.45, 7) is 0.884. The van der Waals surface area contributed by atoms with Crippen LogP contribution in [0.2, 0.25) is 0 Å². The molecule has 0 aliphatic heterocycles. The van der Waals surface area contributed by atoms with Crippen LogP contribution in [0.25, 0.3) is 0 Å². The van der Waals surface area contributed by atoms with E-state index in [1.165, 1.54) is 0 Å². The van der Waals surface area contributed by atoms with Crippen molar-refractivity contribution in [3.05, 3.63) is 82.2 Å². The molecule has 1 amide bonds. The molecular weight excluding hydrogens is 410 g/mol. The number of nitrogens with zero attached hydrogens (tertiary/aromatic N) is 1. The minimum atomic E-state index is -0.191. The number of methoxy groups -OCH3 is 1. The van der Waals surface area contributed by atoms with Gasteiger partial charge in [0, 0.05) is 13.6 Å². The highest BCUT2D eigenvalue weighted by atomic mass is 79.9. The highest BCUT2D eigenvalue weighted by Gasteiger charge is 2.16. The SMILES string of the molecule is COc1cc(CN(C)C(=O)c2ccc(Br)o2)ccc1OCc1ccccc1. The second kappa shape index (κ2) is 8.77. The van der Waals surface area contributed by atoms with E-state index in [2.05, 4.69) is 15.9 Å². The zero-order valence-electron chi connectivity index (χ0n) is 15.1. The first-order chi connectivity index (χ1) is 13.1. The van der Waals surface area contributed by atoms with Crippen LogP contribution >= 0.6 is 15.9 Å². The average molecular weight is 430 g/mol. The summed E-state index contributed by atoms with van der Waals surface area (Å²) in [5.41, 5.74) is 2.01. The number of rotatable bonds is 7. The van der Waals surface area contributed by atoms with Gasteiger partial charge in [0.1, 0.15) is 6.61 Å². The number of amides is 1. The number of carbonyl (C=O) groups excluding carboxylic acids is 1. The van der Waals surface area contributed by atoms with E-state index >= 15 is 0 Å². The molecule has 0 bridgehead atoms. The number of furan rings is 1. The average Bonchev–Trinajstić information content (AvgIpc) is 3.13. The minimum absolute atomic E-state index is 0.191. The van der Waals surface area contributed by atoms with Gasteiger partial charge in [-0.2, -0.15) is 0 Å². The number of hydrogen-bond acceptors (Lipinski definition) is 4. The summed E-state index contributed by atoms with van der Waals surface area (Å²) >= 11 is 3.21. The minimum Gasteiger partial charge on any atom is -0.493 e. The summed E-state index contributed by atoms with van der Waals surface area (Å²) < 4.78 is 17.2. The summed E-state index contributed by atoms with van der Waals surface area (Å²) in [6, 6.07) is 18.9. The first kappa shape index (κ1) is 19.0. The van der Waals surface area contributed by atoms with Crippen LogP contribution in [-0.2, 0) is 13.2 Å². The van der Waals surface area contributed by atoms with Gasteiger partial charge in [-0.3, -0.25) is 4.79 Å². The molecule has 0 spiro atoms. The van der Waals surface area contributed by atoms with Crippen molar-refractivity contribution in [3.8, 4) is 11.5 Å². The first-order valence-electron chi connectivity index (χ1n) is 8.41. The standard InChI is InChI=1S/C21H20BrNO4/c1-23(21(24)18-10-11-20(22)27-18)13-16-8-9-17(19(12-16)25-2)26-14-15-6-4-3-5-7-15/h3-12H,13-14H2,1-2H3. The number of halogens is 1. The van der Waals surface area contributed by atoms with Gasteiger partial charge in [-0.05, 0) is 51.3 Å². The van der Waals surface area contributed by atoms with Crippen molar-refractivity contribution in [2.75, 3.05) is 14.2 Å². The predicted molar refractivity (Wildman–Crippen MR) is 106 cm³/mol. The van der Waals surface area contributed by atoms with Gasteiger partial charge in [0.15, 0.2) is 21.9 Å². The van der Waals surface area contributed by atoms with Crippen molar-refractivity contribution in [2.24, 2.45) is 0 Å². The second-order valence-corrected chi connectivity index (χ2v) is 6.81. The van der Waals surface area contributed by atoms with E-state index in [-0.39, 0.29) is 5.91 Å². The van der Waals surface area contributed by atoms with E-state index in [1.807, 2.05) is 48.5 Å². The quantitative estimate of drug-likeness (QED) is 0.535. The molecule has 0 radical (unpaired) electrons. The molecule has 0 fully saturated rings. The molecular formula is C21H20BrNO4. The highest BCUT2D eigenvalue weighted by molar-refractivity contribution is 9.10. The zero-order valence-corrected chi connectivity index (χ0v) is 16.7. The largest absolute Gasteiger partial charge is 0.493 e. The second-order valence-electron chi connectivity index (χ2n) is 6.02. The first-order valence-corrected chi connectivity index (χ1v) is 9.20. The zero-order chi connectivity index (χ0) is 19.2. The van der Waals surface area contributed by atoms with E-state index in [1.54, 1.807) is 31.2 Å². The topological polar surface area (TPSA) is 51.9 Å². The molecule has 0 saturated carbocycles. The van der Waals surface area contributed by atoms with Crippen molar-refractivity contribution >= 4 is 21.8 Å². The Kier molecular flexibility index (Phi) is 6.19. The molecule has 140 valence electrons. The van der Waals surface area contributed by atoms with Crippen molar-refractivity contribution in [1.29, 1.82) is 0 Å². The van der Waals surface area contributed by atoms with Crippen LogP contribution in [0.1, 0.15) is 21.7 Å². The highest BCUT2D eigenvalue weighted by Crippen LogP contribution is 2.29. The lowest BCUT2D eigenvalue weighted by Gasteiger charge is -2.17. The summed E-state index contributed by atoms with van der Waals surface area (Å²) in [5.74, 6) is 1.39. The molecule has 0 atom stereocenters. The van der Waals surface area contributed by atoms with Gasteiger partial charge in [0.2, 0.25) is 0 Å². The summed E-state index contributed by atoms with van der Waals surface area (Å²) in [7, 11) is 3.33. The van der Waals surface area contributed by atoms with Crippen molar-refractivity contribution < 1.29 is 18.7 Å². The number of carbonyl (C=O) groups is 1. The third-order valence-electron chi connectivity index (χ3n) is 4.02. The summed E-state index contributed by atoms with van der Waals surface area (Å²) in [5, 5.41) is 0. The maximum absolute atomic E-state index is 12.4. The normalized spacial score (nSPS) is 10.5. The molecule has 2 aromatic carbocycles. The Morgan fingerprint density at radius 2 is 1.81 bits per heavy atom. The molecule has 1 aromatic heterocycles. The van der Waals surface area contributed by atoms with Gasteiger partial charge in [-0.1, -0.05) is 36.4 Å². The van der Waals surface area contributed by atoms with Gasteiger partial charge in [0.05, 0.1) is 7.11 Å². The molecule has 6 heteroatoms. The third-order valence-corrected chi connectivity index (χ3v) is 4.44. The van der Waals surface area contributed by atoms with Crippen LogP contribution in [0, 0.1) is 0 Å². The fourth-order valence-electron chi connectivity index (χ4n) is 2.63. The molecule has 27 heavy (non-hydrogen) atoms. The van der Waals surface area contributed by atoms with Gasteiger partial charge in [-0.15, -0.1) is 0 Å². The number of benzene rings is 2. The molecule has 0 aliphatic carbocycles. The Labute approximate surface area is 166 Å². The summed E-state index contributed by atoms with van der Waals surface area (Å²) in [4.78, 5) is 14.0.